The largest absolute Gasteiger partial charge is 0.383 e. The lowest BCUT2D eigenvalue weighted by Gasteiger charge is -2.28. The van der Waals surface area contributed by atoms with Crippen LogP contribution in [0.4, 0.5) is 5.13 Å². The SMILES string of the molecule is OC(c1ccc2nccnc2c1)c1cnc(N2CCc3ccccc3C2)s1. The third-order valence-electron chi connectivity index (χ3n) is 4.99. The molecule has 3 heterocycles. The molecule has 0 spiro atoms. The Morgan fingerprint density at radius 2 is 1.78 bits per heavy atom. The molecule has 5 nitrogen and oxygen atoms in total. The van der Waals surface area contributed by atoms with Gasteiger partial charge in [-0.1, -0.05) is 41.7 Å². The number of benzene rings is 2. The fourth-order valence-corrected chi connectivity index (χ4v) is 4.48. The number of aliphatic hydroxyl groups is 1. The summed E-state index contributed by atoms with van der Waals surface area (Å²) in [7, 11) is 0. The minimum atomic E-state index is -0.709. The summed E-state index contributed by atoms with van der Waals surface area (Å²) in [5.41, 5.74) is 5.19. The Morgan fingerprint density at radius 3 is 2.67 bits per heavy atom. The molecule has 134 valence electrons. The molecule has 2 aromatic carbocycles. The molecule has 4 aromatic rings. The first kappa shape index (κ1) is 16.4. The van der Waals surface area contributed by atoms with E-state index in [1.165, 1.54) is 11.1 Å². The molecular weight excluding hydrogens is 356 g/mol. The third-order valence-corrected chi connectivity index (χ3v) is 6.10. The van der Waals surface area contributed by atoms with Gasteiger partial charge in [-0.3, -0.25) is 9.97 Å². The fourth-order valence-electron chi connectivity index (χ4n) is 3.52. The molecule has 1 N–H and O–H groups in total. The molecule has 0 aliphatic carbocycles. The highest BCUT2D eigenvalue weighted by Gasteiger charge is 2.21. The van der Waals surface area contributed by atoms with Gasteiger partial charge in [0.25, 0.3) is 0 Å². The number of hydrogen-bond acceptors (Lipinski definition) is 6. The van der Waals surface area contributed by atoms with Gasteiger partial charge < -0.3 is 10.0 Å². The van der Waals surface area contributed by atoms with Gasteiger partial charge in [-0.15, -0.1) is 0 Å². The summed E-state index contributed by atoms with van der Waals surface area (Å²) in [6.07, 6.45) is 5.44. The molecule has 27 heavy (non-hydrogen) atoms. The summed E-state index contributed by atoms with van der Waals surface area (Å²) in [5.74, 6) is 0. The highest BCUT2D eigenvalue weighted by Crippen LogP contribution is 2.33. The molecule has 0 saturated carbocycles. The van der Waals surface area contributed by atoms with Crippen molar-refractivity contribution in [2.75, 3.05) is 11.4 Å². The van der Waals surface area contributed by atoms with Gasteiger partial charge in [0.05, 0.1) is 15.9 Å². The van der Waals surface area contributed by atoms with E-state index in [1.807, 2.05) is 18.2 Å². The van der Waals surface area contributed by atoms with E-state index in [0.29, 0.717) is 0 Å². The minimum Gasteiger partial charge on any atom is -0.383 e. The van der Waals surface area contributed by atoms with Crippen LogP contribution in [0, 0.1) is 0 Å². The van der Waals surface area contributed by atoms with E-state index in [4.69, 9.17) is 0 Å². The Labute approximate surface area is 161 Å². The molecule has 0 radical (unpaired) electrons. The number of aliphatic hydroxyl groups excluding tert-OH is 1. The lowest BCUT2D eigenvalue weighted by molar-refractivity contribution is 0.224. The van der Waals surface area contributed by atoms with Crippen LogP contribution in [0.1, 0.15) is 27.7 Å². The highest BCUT2D eigenvalue weighted by molar-refractivity contribution is 7.15. The molecule has 0 bridgehead atoms. The van der Waals surface area contributed by atoms with Crippen molar-refractivity contribution >= 4 is 27.5 Å². The van der Waals surface area contributed by atoms with E-state index in [0.717, 1.165) is 46.1 Å². The maximum absolute atomic E-state index is 10.8. The Hall–Kier alpha value is -2.83. The van der Waals surface area contributed by atoms with E-state index >= 15 is 0 Å². The van der Waals surface area contributed by atoms with Gasteiger partial charge in [-0.25, -0.2) is 4.98 Å². The van der Waals surface area contributed by atoms with Crippen molar-refractivity contribution in [3.05, 3.63) is 82.6 Å². The molecule has 1 aliphatic rings. The van der Waals surface area contributed by atoms with Crippen LogP contribution in [-0.4, -0.2) is 26.6 Å². The van der Waals surface area contributed by atoms with E-state index in [-0.39, 0.29) is 0 Å². The number of nitrogens with zero attached hydrogens (tertiary/aromatic N) is 4. The first-order chi connectivity index (χ1) is 13.3. The molecule has 1 atom stereocenters. The van der Waals surface area contributed by atoms with Crippen LogP contribution >= 0.6 is 11.3 Å². The van der Waals surface area contributed by atoms with Crippen LogP contribution in [0.25, 0.3) is 11.0 Å². The zero-order valence-electron chi connectivity index (χ0n) is 14.6. The van der Waals surface area contributed by atoms with Crippen LogP contribution < -0.4 is 4.90 Å². The standard InChI is InChI=1S/C21H18N4OS/c26-20(15-5-6-17-18(11-15)23-9-8-22-17)19-12-24-21(27-19)25-10-7-14-3-1-2-4-16(14)13-25/h1-6,8-9,11-12,20,26H,7,10,13H2. The molecule has 2 aromatic heterocycles. The van der Waals surface area contributed by atoms with Gasteiger partial charge in [0.15, 0.2) is 5.13 Å². The van der Waals surface area contributed by atoms with Crippen LogP contribution in [0.2, 0.25) is 0 Å². The highest BCUT2D eigenvalue weighted by atomic mass is 32.1. The van der Waals surface area contributed by atoms with Crippen molar-refractivity contribution < 1.29 is 5.11 Å². The molecule has 6 heteroatoms. The molecular formula is C21H18N4OS. The number of rotatable bonds is 3. The predicted molar refractivity (Wildman–Crippen MR) is 107 cm³/mol. The van der Waals surface area contributed by atoms with Gasteiger partial charge in [-0.2, -0.15) is 0 Å². The van der Waals surface area contributed by atoms with Crippen molar-refractivity contribution in [3.8, 4) is 0 Å². The van der Waals surface area contributed by atoms with Crippen molar-refractivity contribution in [1.82, 2.24) is 15.0 Å². The van der Waals surface area contributed by atoms with Gasteiger partial charge in [0, 0.05) is 31.7 Å². The molecule has 0 amide bonds. The maximum Gasteiger partial charge on any atom is 0.185 e. The monoisotopic (exact) mass is 374 g/mol. The van der Waals surface area contributed by atoms with E-state index < -0.39 is 6.10 Å². The summed E-state index contributed by atoms with van der Waals surface area (Å²) < 4.78 is 0. The van der Waals surface area contributed by atoms with Crippen molar-refractivity contribution in [2.24, 2.45) is 0 Å². The van der Waals surface area contributed by atoms with Crippen molar-refractivity contribution in [1.29, 1.82) is 0 Å². The normalized spacial score (nSPS) is 14.9. The van der Waals surface area contributed by atoms with Crippen LogP contribution in [0.3, 0.4) is 0 Å². The van der Waals surface area contributed by atoms with Crippen molar-refractivity contribution in [3.63, 3.8) is 0 Å². The number of thiazole rings is 1. The van der Waals surface area contributed by atoms with Gasteiger partial charge in [-0.05, 0) is 35.2 Å². The van der Waals surface area contributed by atoms with Gasteiger partial charge >= 0.3 is 0 Å². The average Bonchev–Trinajstić information content (AvgIpc) is 3.23. The summed E-state index contributed by atoms with van der Waals surface area (Å²) in [6.45, 7) is 1.82. The van der Waals surface area contributed by atoms with Gasteiger partial charge in [0.2, 0.25) is 0 Å². The second kappa shape index (κ2) is 6.72. The second-order valence-electron chi connectivity index (χ2n) is 6.69. The first-order valence-corrected chi connectivity index (χ1v) is 9.76. The molecule has 1 aliphatic heterocycles. The summed E-state index contributed by atoms with van der Waals surface area (Å²) in [6, 6.07) is 14.3. The van der Waals surface area contributed by atoms with Crippen LogP contribution in [0.15, 0.2) is 61.1 Å². The summed E-state index contributed by atoms with van der Waals surface area (Å²) in [5, 5.41) is 11.8. The van der Waals surface area contributed by atoms with E-state index in [9.17, 15) is 5.11 Å². The topological polar surface area (TPSA) is 62.1 Å². The Morgan fingerprint density at radius 1 is 0.963 bits per heavy atom. The third kappa shape index (κ3) is 3.07. The fraction of sp³-hybridized carbons (Fsp3) is 0.190. The first-order valence-electron chi connectivity index (χ1n) is 8.94. The zero-order valence-corrected chi connectivity index (χ0v) is 15.4. The number of anilines is 1. The average molecular weight is 374 g/mol. The molecule has 5 rings (SSSR count). The smallest absolute Gasteiger partial charge is 0.185 e. The van der Waals surface area contributed by atoms with E-state index in [2.05, 4.69) is 44.1 Å². The molecule has 0 saturated heterocycles. The van der Waals surface area contributed by atoms with Crippen LogP contribution in [0.5, 0.6) is 0 Å². The second-order valence-corrected chi connectivity index (χ2v) is 7.73. The minimum absolute atomic E-state index is 0.709. The Kier molecular flexibility index (Phi) is 4.07. The maximum atomic E-state index is 10.8. The summed E-state index contributed by atoms with van der Waals surface area (Å²) >= 11 is 1.55. The lowest BCUT2D eigenvalue weighted by atomic mass is 10.0. The number of fused-ring (bicyclic) bond motifs is 2. The zero-order chi connectivity index (χ0) is 18.2. The number of hydrogen-bond donors (Lipinski definition) is 1. The number of aromatic nitrogens is 3. The van der Waals surface area contributed by atoms with Gasteiger partial charge in [0.1, 0.15) is 6.10 Å². The van der Waals surface area contributed by atoms with Crippen molar-refractivity contribution in [2.45, 2.75) is 19.1 Å². The lowest BCUT2D eigenvalue weighted by Crippen LogP contribution is -2.30. The quantitative estimate of drug-likeness (QED) is 0.592. The molecule has 0 fully saturated rings. The van der Waals surface area contributed by atoms with E-state index in [1.54, 1.807) is 29.9 Å². The summed E-state index contributed by atoms with van der Waals surface area (Å²) in [4.78, 5) is 16.3. The Bertz CT molecular complexity index is 1110. The predicted octanol–water partition coefficient (Wildman–Crippen LogP) is 3.73. The Balaban J connectivity index is 1.40. The van der Waals surface area contributed by atoms with Crippen LogP contribution in [-0.2, 0) is 13.0 Å². The molecule has 1 unspecified atom stereocenters.